The van der Waals surface area contributed by atoms with E-state index in [2.05, 4.69) is 9.97 Å². The molecule has 1 aromatic heterocycles. The van der Waals surface area contributed by atoms with Gasteiger partial charge in [-0.25, -0.2) is 9.59 Å². The first-order chi connectivity index (χ1) is 7.65. The van der Waals surface area contributed by atoms with Gasteiger partial charge in [-0.1, -0.05) is 12.1 Å². The van der Waals surface area contributed by atoms with Crippen molar-refractivity contribution in [3.63, 3.8) is 0 Å². The minimum Gasteiger partial charge on any atom is -0.478 e. The Kier molecular flexibility index (Phi) is 2.59. The van der Waals surface area contributed by atoms with Crippen molar-refractivity contribution in [3.05, 3.63) is 46.4 Å². The third kappa shape index (κ3) is 2.20. The van der Waals surface area contributed by atoms with Crippen LogP contribution in [0.2, 0.25) is 0 Å². The SMILES string of the molecule is O=C(O)/C=C/Cc1ccc2[nH]c(=O)[nH]c2c1. The van der Waals surface area contributed by atoms with Crippen molar-refractivity contribution in [2.75, 3.05) is 0 Å². The fourth-order valence-electron chi connectivity index (χ4n) is 1.50. The Hall–Kier alpha value is -2.30. The highest BCUT2D eigenvalue weighted by Gasteiger charge is 1.98. The average Bonchev–Trinajstić information content (AvgIpc) is 2.56. The zero-order valence-corrected chi connectivity index (χ0v) is 8.36. The van der Waals surface area contributed by atoms with Gasteiger partial charge in [0.2, 0.25) is 0 Å². The number of nitrogens with one attached hydrogen (secondary N) is 2. The lowest BCUT2D eigenvalue weighted by Crippen LogP contribution is -1.99. The zero-order chi connectivity index (χ0) is 11.5. The van der Waals surface area contributed by atoms with Gasteiger partial charge < -0.3 is 15.1 Å². The Morgan fingerprint density at radius 3 is 2.81 bits per heavy atom. The maximum absolute atomic E-state index is 11.0. The standard InChI is InChI=1S/C11H10N2O3/c14-10(15)3-1-2-7-4-5-8-9(6-7)13-11(16)12-8/h1,3-6H,2H2,(H,14,15)(H2,12,13,16)/b3-1+. The first kappa shape index (κ1) is 10.2. The number of aromatic amines is 2. The molecule has 0 amide bonds. The van der Waals surface area contributed by atoms with Crippen molar-refractivity contribution in [3.8, 4) is 0 Å². The Balaban J connectivity index is 2.25. The van der Waals surface area contributed by atoms with E-state index in [1.807, 2.05) is 12.1 Å². The van der Waals surface area contributed by atoms with Gasteiger partial charge >= 0.3 is 11.7 Å². The number of carboxylic acid groups (broad SMARTS) is 1. The minimum atomic E-state index is -0.962. The first-order valence-corrected chi connectivity index (χ1v) is 4.75. The molecule has 0 saturated carbocycles. The van der Waals surface area contributed by atoms with Crippen LogP contribution in [0.1, 0.15) is 5.56 Å². The molecule has 0 aliphatic heterocycles. The molecule has 82 valence electrons. The largest absolute Gasteiger partial charge is 0.478 e. The summed E-state index contributed by atoms with van der Waals surface area (Å²) in [5, 5.41) is 8.43. The molecule has 0 spiro atoms. The summed E-state index contributed by atoms with van der Waals surface area (Å²) in [5.41, 5.74) is 2.18. The molecule has 16 heavy (non-hydrogen) atoms. The molecular formula is C11H10N2O3. The topological polar surface area (TPSA) is 85.9 Å². The van der Waals surface area contributed by atoms with Gasteiger partial charge in [0, 0.05) is 6.08 Å². The number of aliphatic carboxylic acids is 1. The Morgan fingerprint density at radius 2 is 2.06 bits per heavy atom. The number of aromatic nitrogens is 2. The summed E-state index contributed by atoms with van der Waals surface area (Å²) in [5.74, 6) is -0.962. The molecule has 1 heterocycles. The number of fused-ring (bicyclic) bond motifs is 1. The Morgan fingerprint density at radius 1 is 1.31 bits per heavy atom. The molecule has 0 bridgehead atoms. The van der Waals surface area contributed by atoms with Gasteiger partial charge in [-0.2, -0.15) is 0 Å². The van der Waals surface area contributed by atoms with Crippen molar-refractivity contribution in [2.24, 2.45) is 0 Å². The third-order valence-corrected chi connectivity index (χ3v) is 2.19. The van der Waals surface area contributed by atoms with Gasteiger partial charge in [0.1, 0.15) is 0 Å². The average molecular weight is 218 g/mol. The number of rotatable bonds is 3. The van der Waals surface area contributed by atoms with E-state index in [0.717, 1.165) is 22.7 Å². The molecule has 0 aliphatic carbocycles. The van der Waals surface area contributed by atoms with Crippen LogP contribution in [0.5, 0.6) is 0 Å². The Labute approximate surface area is 90.4 Å². The molecule has 1 aromatic carbocycles. The van der Waals surface area contributed by atoms with Crippen LogP contribution in [-0.4, -0.2) is 21.0 Å². The van der Waals surface area contributed by atoms with E-state index in [4.69, 9.17) is 5.11 Å². The predicted molar refractivity (Wildman–Crippen MR) is 59.4 cm³/mol. The number of carbonyl (C=O) groups is 1. The fourth-order valence-corrected chi connectivity index (χ4v) is 1.50. The van der Waals surface area contributed by atoms with Crippen molar-refractivity contribution in [2.45, 2.75) is 6.42 Å². The minimum absolute atomic E-state index is 0.242. The van der Waals surface area contributed by atoms with Crippen molar-refractivity contribution >= 4 is 17.0 Å². The van der Waals surface area contributed by atoms with E-state index in [-0.39, 0.29) is 5.69 Å². The fraction of sp³-hybridized carbons (Fsp3) is 0.0909. The second-order valence-corrected chi connectivity index (χ2v) is 3.40. The highest BCUT2D eigenvalue weighted by molar-refractivity contribution is 5.79. The molecule has 0 radical (unpaired) electrons. The number of carboxylic acids is 1. The molecule has 2 aromatic rings. The normalized spacial score (nSPS) is 11.2. The van der Waals surface area contributed by atoms with Gasteiger partial charge in [0.05, 0.1) is 11.0 Å². The van der Waals surface area contributed by atoms with E-state index in [1.165, 1.54) is 0 Å². The predicted octanol–water partition coefficient (Wildman–Crippen LogP) is 1.04. The zero-order valence-electron chi connectivity index (χ0n) is 8.36. The lowest BCUT2D eigenvalue weighted by atomic mass is 10.1. The number of imidazole rings is 1. The van der Waals surface area contributed by atoms with Crippen LogP contribution < -0.4 is 5.69 Å². The van der Waals surface area contributed by atoms with Gasteiger partial charge in [0.25, 0.3) is 0 Å². The molecule has 5 nitrogen and oxygen atoms in total. The molecule has 2 rings (SSSR count). The van der Waals surface area contributed by atoms with E-state index >= 15 is 0 Å². The van der Waals surface area contributed by atoms with Crippen LogP contribution in [0.25, 0.3) is 11.0 Å². The lowest BCUT2D eigenvalue weighted by molar-refractivity contribution is -0.131. The maximum atomic E-state index is 11.0. The highest BCUT2D eigenvalue weighted by atomic mass is 16.4. The summed E-state index contributed by atoms with van der Waals surface area (Å²) in [6.07, 6.45) is 3.19. The third-order valence-electron chi connectivity index (χ3n) is 2.19. The lowest BCUT2D eigenvalue weighted by Gasteiger charge is -1.95. The second-order valence-electron chi connectivity index (χ2n) is 3.40. The first-order valence-electron chi connectivity index (χ1n) is 4.75. The number of H-pyrrole nitrogens is 2. The van der Waals surface area contributed by atoms with Crippen molar-refractivity contribution in [1.82, 2.24) is 9.97 Å². The van der Waals surface area contributed by atoms with Crippen LogP contribution in [0, 0.1) is 0 Å². The maximum Gasteiger partial charge on any atom is 0.327 e. The van der Waals surface area contributed by atoms with Crippen molar-refractivity contribution < 1.29 is 9.90 Å². The van der Waals surface area contributed by atoms with Gasteiger partial charge in [-0.05, 0) is 24.1 Å². The van der Waals surface area contributed by atoms with Crippen LogP contribution in [-0.2, 0) is 11.2 Å². The summed E-state index contributed by atoms with van der Waals surface area (Å²) < 4.78 is 0. The molecule has 0 unspecified atom stereocenters. The van der Waals surface area contributed by atoms with Crippen LogP contribution in [0.4, 0.5) is 0 Å². The second kappa shape index (κ2) is 4.06. The summed E-state index contributed by atoms with van der Waals surface area (Å²) in [7, 11) is 0. The monoisotopic (exact) mass is 218 g/mol. The summed E-state index contributed by atoms with van der Waals surface area (Å²) >= 11 is 0. The van der Waals surface area contributed by atoms with E-state index in [9.17, 15) is 9.59 Å². The van der Waals surface area contributed by atoms with Crippen LogP contribution in [0.3, 0.4) is 0 Å². The van der Waals surface area contributed by atoms with E-state index in [1.54, 1.807) is 12.1 Å². The number of hydrogen-bond acceptors (Lipinski definition) is 2. The molecular weight excluding hydrogens is 208 g/mol. The quantitative estimate of drug-likeness (QED) is 0.673. The molecule has 5 heteroatoms. The molecule has 0 fully saturated rings. The summed E-state index contributed by atoms with van der Waals surface area (Å²) in [4.78, 5) is 26.5. The molecule has 3 N–H and O–H groups in total. The number of allylic oxidation sites excluding steroid dienone is 1. The number of benzene rings is 1. The van der Waals surface area contributed by atoms with Crippen molar-refractivity contribution in [1.29, 1.82) is 0 Å². The summed E-state index contributed by atoms with van der Waals surface area (Å²) in [6.45, 7) is 0. The summed E-state index contributed by atoms with van der Waals surface area (Å²) in [6, 6.07) is 5.45. The molecule has 0 aliphatic rings. The number of hydrogen-bond donors (Lipinski definition) is 3. The highest BCUT2D eigenvalue weighted by Crippen LogP contribution is 2.10. The van der Waals surface area contributed by atoms with E-state index in [0.29, 0.717) is 6.42 Å². The Bertz CT molecular complexity index is 607. The van der Waals surface area contributed by atoms with Crippen LogP contribution in [0.15, 0.2) is 35.1 Å². The molecule has 0 atom stereocenters. The van der Waals surface area contributed by atoms with E-state index < -0.39 is 5.97 Å². The van der Waals surface area contributed by atoms with Gasteiger partial charge in [-0.15, -0.1) is 0 Å². The van der Waals surface area contributed by atoms with Gasteiger partial charge in [-0.3, -0.25) is 0 Å². The molecule has 0 saturated heterocycles. The van der Waals surface area contributed by atoms with Crippen LogP contribution >= 0.6 is 0 Å². The van der Waals surface area contributed by atoms with Gasteiger partial charge in [0.15, 0.2) is 0 Å². The smallest absolute Gasteiger partial charge is 0.327 e.